The van der Waals surface area contributed by atoms with Gasteiger partial charge in [-0.1, -0.05) is 47.2 Å². The van der Waals surface area contributed by atoms with Crippen LogP contribution < -0.4 is 5.56 Å². The Kier molecular flexibility index (Phi) is 6.98. The van der Waals surface area contributed by atoms with Crippen LogP contribution in [-0.4, -0.2) is 56.0 Å². The molecule has 1 amide bonds. The predicted octanol–water partition coefficient (Wildman–Crippen LogP) is 3.22. The van der Waals surface area contributed by atoms with Crippen molar-refractivity contribution in [1.82, 2.24) is 23.9 Å². The summed E-state index contributed by atoms with van der Waals surface area (Å²) in [5, 5.41) is 0. The van der Waals surface area contributed by atoms with Crippen molar-refractivity contribution < 1.29 is 4.79 Å². The first-order valence-electron chi connectivity index (χ1n) is 10.7. The number of aryl methyl sites for hydroxylation is 1. The van der Waals surface area contributed by atoms with Gasteiger partial charge in [0.05, 0.1) is 0 Å². The minimum Gasteiger partial charge on any atom is -0.340 e. The van der Waals surface area contributed by atoms with Gasteiger partial charge in [0, 0.05) is 39.3 Å². The SMILES string of the molecule is C=CCn1c(=S)sc2c(=O)n(CC(=O)N3CCCN(Cc4ccc(C)cc4)CC3)cnc21. The first-order chi connectivity index (χ1) is 15.5. The second-order valence-electron chi connectivity index (χ2n) is 8.09. The van der Waals surface area contributed by atoms with Crippen molar-refractivity contribution in [2.45, 2.75) is 33.0 Å². The van der Waals surface area contributed by atoms with Crippen LogP contribution in [-0.2, 0) is 24.4 Å². The molecule has 7 nitrogen and oxygen atoms in total. The zero-order valence-electron chi connectivity index (χ0n) is 18.2. The molecule has 0 radical (unpaired) electrons. The molecular formula is C23H27N5O2S2. The van der Waals surface area contributed by atoms with E-state index in [9.17, 15) is 9.59 Å². The largest absolute Gasteiger partial charge is 0.340 e. The third-order valence-electron chi connectivity index (χ3n) is 5.73. The molecule has 0 bridgehead atoms. The Hall–Kier alpha value is -2.62. The Balaban J connectivity index is 1.42. The smallest absolute Gasteiger partial charge is 0.273 e. The predicted molar refractivity (Wildman–Crippen MR) is 131 cm³/mol. The van der Waals surface area contributed by atoms with E-state index in [1.165, 1.54) is 33.4 Å². The van der Waals surface area contributed by atoms with E-state index in [2.05, 4.69) is 47.7 Å². The van der Waals surface area contributed by atoms with Crippen molar-refractivity contribution >= 4 is 39.8 Å². The van der Waals surface area contributed by atoms with Crippen molar-refractivity contribution in [2.24, 2.45) is 0 Å². The maximum atomic E-state index is 13.0. The van der Waals surface area contributed by atoms with Gasteiger partial charge in [0.25, 0.3) is 5.56 Å². The van der Waals surface area contributed by atoms with Crippen molar-refractivity contribution in [3.8, 4) is 0 Å². The third-order valence-corrected chi connectivity index (χ3v) is 7.16. The molecule has 168 valence electrons. The standard InChI is InChI=1S/C23H27N5O2S2/c1-3-9-28-21-20(32-23(28)31)22(30)27(16-24-21)15-19(29)26-11-4-10-25(12-13-26)14-18-7-5-17(2)6-8-18/h3,5-8,16H,1,4,9-15H2,2H3. The van der Waals surface area contributed by atoms with E-state index < -0.39 is 0 Å². The summed E-state index contributed by atoms with van der Waals surface area (Å²) in [6.07, 6.45) is 4.08. The van der Waals surface area contributed by atoms with Gasteiger partial charge in [0.2, 0.25) is 5.91 Å². The number of fused-ring (bicyclic) bond motifs is 1. The molecule has 3 heterocycles. The molecule has 0 atom stereocenters. The topological polar surface area (TPSA) is 63.4 Å². The molecule has 0 unspecified atom stereocenters. The number of hydrogen-bond donors (Lipinski definition) is 0. The lowest BCUT2D eigenvalue weighted by atomic mass is 10.1. The Morgan fingerprint density at radius 3 is 2.75 bits per heavy atom. The summed E-state index contributed by atoms with van der Waals surface area (Å²) in [5.41, 5.74) is 2.87. The highest BCUT2D eigenvalue weighted by molar-refractivity contribution is 7.73. The molecule has 1 aliphatic heterocycles. The molecule has 0 saturated carbocycles. The second kappa shape index (κ2) is 9.89. The Morgan fingerprint density at radius 1 is 1.22 bits per heavy atom. The fraction of sp³-hybridized carbons (Fsp3) is 0.391. The molecule has 1 aromatic carbocycles. The second-order valence-corrected chi connectivity index (χ2v) is 9.74. The van der Waals surface area contributed by atoms with Gasteiger partial charge in [-0.05, 0) is 31.1 Å². The number of thiazole rings is 1. The van der Waals surface area contributed by atoms with Gasteiger partial charge in [-0.15, -0.1) is 6.58 Å². The summed E-state index contributed by atoms with van der Waals surface area (Å²) in [6, 6.07) is 8.59. The van der Waals surface area contributed by atoms with Crippen molar-refractivity contribution in [3.63, 3.8) is 0 Å². The summed E-state index contributed by atoms with van der Waals surface area (Å²) in [7, 11) is 0. The Bertz CT molecular complexity index is 1240. The van der Waals surface area contributed by atoms with E-state index in [1.54, 1.807) is 10.6 Å². The van der Waals surface area contributed by atoms with E-state index in [0.717, 1.165) is 26.1 Å². The average Bonchev–Trinajstić information content (AvgIpc) is 2.94. The van der Waals surface area contributed by atoms with Crippen LogP contribution in [0.25, 0.3) is 10.3 Å². The van der Waals surface area contributed by atoms with Gasteiger partial charge in [-0.2, -0.15) is 0 Å². The van der Waals surface area contributed by atoms with Crippen LogP contribution in [0, 0.1) is 10.9 Å². The molecule has 1 aliphatic rings. The van der Waals surface area contributed by atoms with E-state index in [1.807, 2.05) is 4.90 Å². The average molecular weight is 470 g/mol. The van der Waals surface area contributed by atoms with Gasteiger partial charge in [-0.25, -0.2) is 4.98 Å². The fourth-order valence-electron chi connectivity index (χ4n) is 3.95. The van der Waals surface area contributed by atoms with Crippen molar-refractivity contribution in [1.29, 1.82) is 0 Å². The lowest BCUT2D eigenvalue weighted by molar-refractivity contribution is -0.131. The molecule has 1 fully saturated rings. The minimum atomic E-state index is -0.224. The minimum absolute atomic E-state index is 0.00808. The van der Waals surface area contributed by atoms with Crippen LogP contribution in [0.1, 0.15) is 17.5 Å². The van der Waals surface area contributed by atoms with E-state index in [0.29, 0.717) is 33.9 Å². The monoisotopic (exact) mass is 469 g/mol. The summed E-state index contributed by atoms with van der Waals surface area (Å²) in [5.74, 6) is -0.0560. The fourth-order valence-corrected chi connectivity index (χ4v) is 5.27. The first-order valence-corrected chi connectivity index (χ1v) is 11.9. The maximum Gasteiger partial charge on any atom is 0.273 e. The van der Waals surface area contributed by atoms with Crippen LogP contribution >= 0.6 is 23.6 Å². The van der Waals surface area contributed by atoms with Gasteiger partial charge < -0.3 is 9.47 Å². The molecule has 0 spiro atoms. The zero-order chi connectivity index (χ0) is 22.7. The maximum absolute atomic E-state index is 13.0. The van der Waals surface area contributed by atoms with Gasteiger partial charge in [-0.3, -0.25) is 19.1 Å². The quantitative estimate of drug-likeness (QED) is 0.410. The molecular weight excluding hydrogens is 442 g/mol. The van der Waals surface area contributed by atoms with Gasteiger partial charge in [0.15, 0.2) is 9.60 Å². The highest BCUT2D eigenvalue weighted by atomic mass is 32.1. The highest BCUT2D eigenvalue weighted by Crippen LogP contribution is 2.18. The Labute approximate surface area is 196 Å². The van der Waals surface area contributed by atoms with Crippen LogP contribution in [0.3, 0.4) is 0 Å². The van der Waals surface area contributed by atoms with Gasteiger partial charge in [0.1, 0.15) is 17.6 Å². The summed E-state index contributed by atoms with van der Waals surface area (Å²) >= 11 is 6.59. The number of benzene rings is 1. The molecule has 0 N–H and O–H groups in total. The lowest BCUT2D eigenvalue weighted by Gasteiger charge is -2.22. The summed E-state index contributed by atoms with van der Waals surface area (Å²) < 4.78 is 4.23. The van der Waals surface area contributed by atoms with Crippen LogP contribution in [0.2, 0.25) is 0 Å². The zero-order valence-corrected chi connectivity index (χ0v) is 19.8. The van der Waals surface area contributed by atoms with E-state index >= 15 is 0 Å². The summed E-state index contributed by atoms with van der Waals surface area (Å²) in [4.78, 5) is 34.5. The normalized spacial score (nSPS) is 15.1. The number of amides is 1. The van der Waals surface area contributed by atoms with E-state index in [4.69, 9.17) is 12.2 Å². The lowest BCUT2D eigenvalue weighted by Crippen LogP contribution is -2.39. The molecule has 9 heteroatoms. The highest BCUT2D eigenvalue weighted by Gasteiger charge is 2.21. The molecule has 0 aliphatic carbocycles. The van der Waals surface area contributed by atoms with E-state index in [-0.39, 0.29) is 18.0 Å². The molecule has 3 aromatic rings. The number of carbonyl (C=O) groups is 1. The third kappa shape index (κ3) is 4.90. The van der Waals surface area contributed by atoms with Gasteiger partial charge >= 0.3 is 0 Å². The number of allylic oxidation sites excluding steroid dienone is 1. The molecule has 2 aromatic heterocycles. The molecule has 4 rings (SSSR count). The molecule has 1 saturated heterocycles. The molecule has 32 heavy (non-hydrogen) atoms. The van der Waals surface area contributed by atoms with Crippen molar-refractivity contribution in [2.75, 3.05) is 26.2 Å². The first kappa shape index (κ1) is 22.6. The number of rotatable bonds is 6. The number of aromatic nitrogens is 3. The number of carbonyl (C=O) groups excluding carboxylic acids is 1. The summed E-state index contributed by atoms with van der Waals surface area (Å²) in [6.45, 7) is 10.3. The van der Waals surface area contributed by atoms with Crippen LogP contribution in [0.4, 0.5) is 0 Å². The van der Waals surface area contributed by atoms with Crippen molar-refractivity contribution in [3.05, 3.63) is 68.7 Å². The number of nitrogens with zero attached hydrogens (tertiary/aromatic N) is 5. The van der Waals surface area contributed by atoms with Crippen LogP contribution in [0.15, 0.2) is 48.0 Å². The van der Waals surface area contributed by atoms with Crippen LogP contribution in [0.5, 0.6) is 0 Å². The number of hydrogen-bond acceptors (Lipinski definition) is 6. The Morgan fingerprint density at radius 2 is 2.00 bits per heavy atom.